The standard InChI is InChI=1S/C16H21F3N2/c1-20(12-15-8-4-10-21(15)11-5-9-15)14-7-3-2-6-13(14)16(17,18)19/h2-3,6-7H,4-5,8-12H2,1H3. The second-order valence-electron chi connectivity index (χ2n) is 6.29. The highest BCUT2D eigenvalue weighted by Crippen LogP contribution is 2.41. The summed E-state index contributed by atoms with van der Waals surface area (Å²) in [5.41, 5.74) is -0.155. The Balaban J connectivity index is 1.85. The molecule has 0 N–H and O–H groups in total. The molecule has 5 heteroatoms. The topological polar surface area (TPSA) is 6.48 Å². The Morgan fingerprint density at radius 3 is 2.38 bits per heavy atom. The van der Waals surface area contributed by atoms with E-state index in [0.29, 0.717) is 6.54 Å². The average Bonchev–Trinajstić information content (AvgIpc) is 2.96. The molecular formula is C16H21F3N2. The summed E-state index contributed by atoms with van der Waals surface area (Å²) in [5, 5.41) is 0. The predicted molar refractivity (Wildman–Crippen MR) is 77.5 cm³/mol. The molecule has 0 aliphatic carbocycles. The van der Waals surface area contributed by atoms with Crippen molar-refractivity contribution in [3.8, 4) is 0 Å². The number of anilines is 1. The highest BCUT2D eigenvalue weighted by atomic mass is 19.4. The van der Waals surface area contributed by atoms with E-state index in [9.17, 15) is 13.2 Å². The van der Waals surface area contributed by atoms with E-state index in [4.69, 9.17) is 0 Å². The van der Waals surface area contributed by atoms with Crippen LogP contribution in [0.5, 0.6) is 0 Å². The molecule has 0 radical (unpaired) electrons. The quantitative estimate of drug-likeness (QED) is 0.838. The number of hydrogen-bond donors (Lipinski definition) is 0. The van der Waals surface area contributed by atoms with Gasteiger partial charge in [-0.15, -0.1) is 0 Å². The third kappa shape index (κ3) is 2.63. The Morgan fingerprint density at radius 2 is 1.76 bits per heavy atom. The Hall–Kier alpha value is -1.23. The van der Waals surface area contributed by atoms with Gasteiger partial charge in [0, 0.05) is 24.8 Å². The number of halogens is 3. The molecule has 2 fully saturated rings. The molecule has 0 atom stereocenters. The van der Waals surface area contributed by atoms with Crippen LogP contribution in [-0.4, -0.2) is 37.1 Å². The lowest BCUT2D eigenvalue weighted by Crippen LogP contribution is -2.47. The third-order valence-corrected chi connectivity index (χ3v) is 4.96. The fourth-order valence-corrected chi connectivity index (χ4v) is 4.06. The van der Waals surface area contributed by atoms with Crippen LogP contribution in [0.1, 0.15) is 31.2 Å². The van der Waals surface area contributed by atoms with Crippen LogP contribution in [0.2, 0.25) is 0 Å². The third-order valence-electron chi connectivity index (χ3n) is 4.96. The number of rotatable bonds is 3. The molecule has 0 spiro atoms. The molecule has 1 aromatic carbocycles. The zero-order valence-electron chi connectivity index (χ0n) is 12.3. The molecule has 2 heterocycles. The molecule has 2 aliphatic rings. The Kier molecular flexibility index (Phi) is 3.64. The zero-order valence-corrected chi connectivity index (χ0v) is 12.3. The average molecular weight is 298 g/mol. The van der Waals surface area contributed by atoms with E-state index in [-0.39, 0.29) is 11.2 Å². The van der Waals surface area contributed by atoms with E-state index in [2.05, 4.69) is 4.90 Å². The number of likely N-dealkylation sites (N-methyl/N-ethyl adjacent to an activating group) is 1. The van der Waals surface area contributed by atoms with Crippen molar-refractivity contribution in [1.29, 1.82) is 0 Å². The Morgan fingerprint density at radius 1 is 1.14 bits per heavy atom. The van der Waals surface area contributed by atoms with Crippen LogP contribution < -0.4 is 4.90 Å². The first-order valence-electron chi connectivity index (χ1n) is 7.55. The van der Waals surface area contributed by atoms with E-state index < -0.39 is 11.7 Å². The van der Waals surface area contributed by atoms with Gasteiger partial charge >= 0.3 is 6.18 Å². The summed E-state index contributed by atoms with van der Waals surface area (Å²) in [6.07, 6.45) is 0.230. The van der Waals surface area contributed by atoms with Crippen LogP contribution in [0.15, 0.2) is 24.3 Å². The fraction of sp³-hybridized carbons (Fsp3) is 0.625. The highest BCUT2D eigenvalue weighted by Gasteiger charge is 2.45. The van der Waals surface area contributed by atoms with Crippen molar-refractivity contribution >= 4 is 5.69 Å². The van der Waals surface area contributed by atoms with E-state index in [1.54, 1.807) is 24.1 Å². The summed E-state index contributed by atoms with van der Waals surface area (Å²) in [4.78, 5) is 4.27. The van der Waals surface area contributed by atoms with Gasteiger partial charge in [-0.3, -0.25) is 4.90 Å². The van der Waals surface area contributed by atoms with Crippen LogP contribution in [0.4, 0.5) is 18.9 Å². The second kappa shape index (κ2) is 5.20. The number of hydrogen-bond acceptors (Lipinski definition) is 2. The highest BCUT2D eigenvalue weighted by molar-refractivity contribution is 5.54. The van der Waals surface area contributed by atoms with Crippen LogP contribution >= 0.6 is 0 Å². The lowest BCUT2D eigenvalue weighted by molar-refractivity contribution is -0.137. The van der Waals surface area contributed by atoms with E-state index >= 15 is 0 Å². The van der Waals surface area contributed by atoms with Gasteiger partial charge in [0.25, 0.3) is 0 Å². The van der Waals surface area contributed by atoms with Crippen molar-refractivity contribution < 1.29 is 13.2 Å². The van der Waals surface area contributed by atoms with Crippen molar-refractivity contribution in [3.05, 3.63) is 29.8 Å². The van der Waals surface area contributed by atoms with Crippen molar-refractivity contribution in [2.45, 2.75) is 37.4 Å². The van der Waals surface area contributed by atoms with Gasteiger partial charge in [0.05, 0.1) is 5.56 Å². The molecule has 0 bridgehead atoms. The molecule has 2 aliphatic heterocycles. The molecule has 0 saturated carbocycles. The zero-order chi connectivity index (χ0) is 15.1. The minimum Gasteiger partial charge on any atom is -0.372 e. The maximum absolute atomic E-state index is 13.2. The lowest BCUT2D eigenvalue weighted by Gasteiger charge is -2.37. The molecule has 0 unspecified atom stereocenters. The maximum Gasteiger partial charge on any atom is 0.418 e. The normalized spacial score (nSPS) is 21.5. The molecule has 1 aromatic rings. The number of fused-ring (bicyclic) bond motifs is 1. The van der Waals surface area contributed by atoms with Crippen LogP contribution in [0.25, 0.3) is 0 Å². The minimum absolute atomic E-state index is 0.0907. The summed E-state index contributed by atoms with van der Waals surface area (Å²) in [6, 6.07) is 5.88. The van der Waals surface area contributed by atoms with Gasteiger partial charge in [-0.05, 0) is 50.9 Å². The first kappa shape index (κ1) is 14.7. The fourth-order valence-electron chi connectivity index (χ4n) is 4.06. The maximum atomic E-state index is 13.2. The van der Waals surface area contributed by atoms with Gasteiger partial charge in [0.2, 0.25) is 0 Å². The number of nitrogens with zero attached hydrogens (tertiary/aromatic N) is 2. The van der Waals surface area contributed by atoms with Crippen molar-refractivity contribution in [2.24, 2.45) is 0 Å². The summed E-state index contributed by atoms with van der Waals surface area (Å²) < 4.78 is 39.5. The van der Waals surface area contributed by atoms with Gasteiger partial charge in [-0.25, -0.2) is 0 Å². The number of para-hydroxylation sites is 1. The van der Waals surface area contributed by atoms with Gasteiger partial charge in [-0.1, -0.05) is 12.1 Å². The predicted octanol–water partition coefficient (Wildman–Crippen LogP) is 3.77. The van der Waals surface area contributed by atoms with Crippen LogP contribution in [-0.2, 0) is 6.18 Å². The van der Waals surface area contributed by atoms with Crippen LogP contribution in [0.3, 0.4) is 0 Å². The van der Waals surface area contributed by atoms with Crippen molar-refractivity contribution in [2.75, 3.05) is 31.6 Å². The van der Waals surface area contributed by atoms with E-state index in [1.807, 2.05) is 0 Å². The summed E-state index contributed by atoms with van der Waals surface area (Å²) in [5.74, 6) is 0. The molecule has 2 nitrogen and oxygen atoms in total. The van der Waals surface area contributed by atoms with Gasteiger partial charge < -0.3 is 4.90 Å². The molecule has 3 rings (SSSR count). The summed E-state index contributed by atoms with van der Waals surface area (Å²) in [7, 11) is 1.79. The van der Waals surface area contributed by atoms with Gasteiger partial charge in [0.15, 0.2) is 0 Å². The van der Waals surface area contributed by atoms with E-state index in [0.717, 1.165) is 38.8 Å². The Bertz CT molecular complexity index is 502. The Labute approximate surface area is 123 Å². The molecule has 116 valence electrons. The first-order chi connectivity index (χ1) is 9.92. The van der Waals surface area contributed by atoms with Gasteiger partial charge in [-0.2, -0.15) is 13.2 Å². The monoisotopic (exact) mass is 298 g/mol. The van der Waals surface area contributed by atoms with E-state index in [1.165, 1.54) is 12.1 Å². The summed E-state index contributed by atoms with van der Waals surface area (Å²) in [6.45, 7) is 2.86. The molecule has 0 amide bonds. The smallest absolute Gasteiger partial charge is 0.372 e. The largest absolute Gasteiger partial charge is 0.418 e. The van der Waals surface area contributed by atoms with Crippen molar-refractivity contribution in [3.63, 3.8) is 0 Å². The van der Waals surface area contributed by atoms with Gasteiger partial charge in [0.1, 0.15) is 0 Å². The molecule has 21 heavy (non-hydrogen) atoms. The molecule has 2 saturated heterocycles. The number of alkyl halides is 3. The first-order valence-corrected chi connectivity index (χ1v) is 7.55. The van der Waals surface area contributed by atoms with Crippen LogP contribution in [0, 0.1) is 0 Å². The summed E-state index contributed by atoms with van der Waals surface area (Å²) >= 11 is 0. The van der Waals surface area contributed by atoms with Crippen molar-refractivity contribution in [1.82, 2.24) is 4.90 Å². The minimum atomic E-state index is -4.30. The second-order valence-corrected chi connectivity index (χ2v) is 6.29. The SMILES string of the molecule is CN(CC12CCCN1CCC2)c1ccccc1C(F)(F)F. The number of benzene rings is 1. The molecular weight excluding hydrogens is 277 g/mol. The lowest BCUT2D eigenvalue weighted by atomic mass is 9.93. The molecule has 0 aromatic heterocycles.